The molecular formula is C30H35FN2O2S. The molecule has 3 rings (SSSR count). The largest absolute Gasteiger partial charge is 0.354 e. The molecule has 1 N–H and O–H groups in total. The van der Waals surface area contributed by atoms with E-state index in [1.165, 1.54) is 17.8 Å². The Morgan fingerprint density at radius 1 is 0.944 bits per heavy atom. The zero-order valence-corrected chi connectivity index (χ0v) is 21.9. The Morgan fingerprint density at radius 3 is 2.33 bits per heavy atom. The SMILES string of the molecule is CCCCNC(=O)C(Cc1ccccc1)N(Cc1ccc(C)cc1)C(=O)CSCc1ccccc1F. The zero-order valence-electron chi connectivity index (χ0n) is 21.1. The van der Waals surface area contributed by atoms with Crippen LogP contribution in [0.2, 0.25) is 0 Å². The van der Waals surface area contributed by atoms with Crippen LogP contribution in [0.25, 0.3) is 0 Å². The van der Waals surface area contributed by atoms with E-state index in [2.05, 4.69) is 12.2 Å². The minimum absolute atomic E-state index is 0.136. The maximum absolute atomic E-state index is 14.1. The number of amides is 2. The van der Waals surface area contributed by atoms with Gasteiger partial charge in [0.15, 0.2) is 0 Å². The minimum Gasteiger partial charge on any atom is -0.354 e. The summed E-state index contributed by atoms with van der Waals surface area (Å²) in [5.41, 5.74) is 3.66. The van der Waals surface area contributed by atoms with Gasteiger partial charge in [0.25, 0.3) is 0 Å². The molecule has 0 spiro atoms. The first-order valence-electron chi connectivity index (χ1n) is 12.5. The Kier molecular flexibility index (Phi) is 11.0. The Hall–Kier alpha value is -3.12. The third-order valence-electron chi connectivity index (χ3n) is 6.02. The van der Waals surface area contributed by atoms with Gasteiger partial charge in [-0.1, -0.05) is 91.7 Å². The molecule has 0 fully saturated rings. The Labute approximate surface area is 218 Å². The van der Waals surface area contributed by atoms with Crippen molar-refractivity contribution >= 4 is 23.6 Å². The van der Waals surface area contributed by atoms with Crippen molar-refractivity contribution in [2.45, 2.75) is 51.4 Å². The lowest BCUT2D eigenvalue weighted by molar-refractivity contribution is -0.139. The number of aryl methyl sites for hydroxylation is 1. The summed E-state index contributed by atoms with van der Waals surface area (Å²) >= 11 is 1.36. The van der Waals surface area contributed by atoms with Gasteiger partial charge in [0.05, 0.1) is 5.75 Å². The first-order chi connectivity index (χ1) is 17.5. The number of nitrogens with zero attached hydrogens (tertiary/aromatic N) is 1. The van der Waals surface area contributed by atoms with Crippen LogP contribution >= 0.6 is 11.8 Å². The molecule has 3 aromatic rings. The molecule has 0 saturated heterocycles. The highest BCUT2D eigenvalue weighted by Gasteiger charge is 2.30. The van der Waals surface area contributed by atoms with Crippen LogP contribution in [0.15, 0.2) is 78.9 Å². The van der Waals surface area contributed by atoms with Crippen LogP contribution in [0.1, 0.15) is 42.0 Å². The van der Waals surface area contributed by atoms with E-state index in [4.69, 9.17) is 0 Å². The van der Waals surface area contributed by atoms with Gasteiger partial charge in [-0.3, -0.25) is 9.59 Å². The first kappa shape index (κ1) is 27.5. The molecule has 4 nitrogen and oxygen atoms in total. The first-order valence-corrected chi connectivity index (χ1v) is 13.6. The topological polar surface area (TPSA) is 49.4 Å². The number of thioether (sulfide) groups is 1. The Balaban J connectivity index is 1.83. The highest BCUT2D eigenvalue weighted by Crippen LogP contribution is 2.20. The standard InChI is InChI=1S/C30H35FN2O2S/c1-3-4-18-32-30(35)28(19-24-10-6-5-7-11-24)33(20-25-16-14-23(2)15-17-25)29(34)22-36-21-26-12-8-9-13-27(26)31/h5-17,28H,3-4,18-22H2,1-2H3,(H,32,35). The van der Waals surface area contributed by atoms with Crippen LogP contribution in [0, 0.1) is 12.7 Å². The molecule has 0 bridgehead atoms. The number of hydrogen-bond donors (Lipinski definition) is 1. The molecule has 0 aromatic heterocycles. The number of nitrogens with one attached hydrogen (secondary N) is 1. The van der Waals surface area contributed by atoms with Crippen molar-refractivity contribution in [2.75, 3.05) is 12.3 Å². The average molecular weight is 507 g/mol. The van der Waals surface area contributed by atoms with Crippen molar-refractivity contribution in [3.63, 3.8) is 0 Å². The molecule has 190 valence electrons. The van der Waals surface area contributed by atoms with Gasteiger partial charge in [0, 0.05) is 25.3 Å². The molecule has 0 heterocycles. The van der Waals surface area contributed by atoms with E-state index in [0.717, 1.165) is 29.5 Å². The van der Waals surface area contributed by atoms with E-state index in [0.29, 0.717) is 30.8 Å². The van der Waals surface area contributed by atoms with Crippen molar-refractivity contribution in [2.24, 2.45) is 0 Å². The number of halogens is 1. The molecule has 0 aliphatic carbocycles. The van der Waals surface area contributed by atoms with Gasteiger partial charge in [0.1, 0.15) is 11.9 Å². The molecule has 3 aromatic carbocycles. The summed E-state index contributed by atoms with van der Waals surface area (Å²) in [6, 6.07) is 23.8. The van der Waals surface area contributed by atoms with E-state index in [-0.39, 0.29) is 23.4 Å². The summed E-state index contributed by atoms with van der Waals surface area (Å²) in [5.74, 6) is -0.00196. The number of unbranched alkanes of at least 4 members (excludes halogenated alkanes) is 1. The van der Waals surface area contributed by atoms with Gasteiger partial charge in [-0.05, 0) is 36.1 Å². The maximum atomic E-state index is 14.1. The van der Waals surface area contributed by atoms with Gasteiger partial charge in [-0.15, -0.1) is 11.8 Å². The molecule has 0 aliphatic rings. The second-order valence-corrected chi connectivity index (χ2v) is 9.93. The molecule has 36 heavy (non-hydrogen) atoms. The molecule has 0 saturated carbocycles. The van der Waals surface area contributed by atoms with Crippen LogP contribution in [0.3, 0.4) is 0 Å². The third kappa shape index (κ3) is 8.52. The number of carbonyl (C=O) groups is 2. The van der Waals surface area contributed by atoms with Crippen LogP contribution in [0.5, 0.6) is 0 Å². The summed E-state index contributed by atoms with van der Waals surface area (Å²) in [5, 5.41) is 3.03. The minimum atomic E-state index is -0.646. The average Bonchev–Trinajstić information content (AvgIpc) is 2.89. The summed E-state index contributed by atoms with van der Waals surface area (Å²) in [6.45, 7) is 5.01. The summed E-state index contributed by atoms with van der Waals surface area (Å²) in [6.07, 6.45) is 2.28. The van der Waals surface area contributed by atoms with Gasteiger partial charge >= 0.3 is 0 Å². The Bertz CT molecular complexity index is 1110. The van der Waals surface area contributed by atoms with Crippen LogP contribution in [0.4, 0.5) is 4.39 Å². The summed E-state index contributed by atoms with van der Waals surface area (Å²) in [7, 11) is 0. The van der Waals surface area contributed by atoms with Crippen molar-refractivity contribution in [1.82, 2.24) is 10.2 Å². The fraction of sp³-hybridized carbons (Fsp3) is 0.333. The number of carbonyl (C=O) groups excluding carboxylic acids is 2. The smallest absolute Gasteiger partial charge is 0.243 e. The molecule has 6 heteroatoms. The highest BCUT2D eigenvalue weighted by molar-refractivity contribution is 7.99. The molecule has 0 radical (unpaired) electrons. The number of benzene rings is 3. The molecule has 1 unspecified atom stereocenters. The molecule has 2 amide bonds. The predicted octanol–water partition coefficient (Wildman–Crippen LogP) is 5.92. The predicted molar refractivity (Wildman–Crippen MR) is 146 cm³/mol. The zero-order chi connectivity index (χ0) is 25.8. The van der Waals surface area contributed by atoms with Crippen LogP contribution in [-0.4, -0.2) is 35.1 Å². The van der Waals surface area contributed by atoms with E-state index < -0.39 is 6.04 Å². The fourth-order valence-corrected chi connectivity index (χ4v) is 4.79. The molecule has 0 aliphatic heterocycles. The van der Waals surface area contributed by atoms with Crippen molar-refractivity contribution in [1.29, 1.82) is 0 Å². The van der Waals surface area contributed by atoms with E-state index in [9.17, 15) is 14.0 Å². The second kappa shape index (κ2) is 14.4. The monoisotopic (exact) mass is 506 g/mol. The van der Waals surface area contributed by atoms with Gasteiger partial charge < -0.3 is 10.2 Å². The number of hydrogen-bond acceptors (Lipinski definition) is 3. The van der Waals surface area contributed by atoms with Gasteiger partial charge in [-0.2, -0.15) is 0 Å². The maximum Gasteiger partial charge on any atom is 0.243 e. The number of rotatable bonds is 13. The summed E-state index contributed by atoms with van der Waals surface area (Å²) < 4.78 is 14.1. The fourth-order valence-electron chi connectivity index (χ4n) is 3.90. The van der Waals surface area contributed by atoms with Crippen molar-refractivity contribution in [3.8, 4) is 0 Å². The molecular weight excluding hydrogens is 471 g/mol. The second-order valence-electron chi connectivity index (χ2n) is 8.94. The summed E-state index contributed by atoms with van der Waals surface area (Å²) in [4.78, 5) is 28.7. The molecule has 1 atom stereocenters. The van der Waals surface area contributed by atoms with Crippen LogP contribution in [-0.2, 0) is 28.3 Å². The van der Waals surface area contributed by atoms with Gasteiger partial charge in [0.2, 0.25) is 11.8 Å². The normalized spacial score (nSPS) is 11.6. The Morgan fingerprint density at radius 2 is 1.64 bits per heavy atom. The van der Waals surface area contributed by atoms with E-state index in [1.54, 1.807) is 23.1 Å². The quantitative estimate of drug-likeness (QED) is 0.293. The van der Waals surface area contributed by atoms with Gasteiger partial charge in [-0.25, -0.2) is 4.39 Å². The van der Waals surface area contributed by atoms with Crippen LogP contribution < -0.4 is 5.32 Å². The lowest BCUT2D eigenvalue weighted by atomic mass is 10.0. The lowest BCUT2D eigenvalue weighted by Gasteiger charge is -2.31. The third-order valence-corrected chi connectivity index (χ3v) is 6.98. The lowest BCUT2D eigenvalue weighted by Crippen LogP contribution is -2.51. The van der Waals surface area contributed by atoms with E-state index >= 15 is 0 Å². The van der Waals surface area contributed by atoms with E-state index in [1.807, 2.05) is 61.5 Å². The van der Waals surface area contributed by atoms with Crippen molar-refractivity contribution < 1.29 is 14.0 Å². The van der Waals surface area contributed by atoms with Crippen molar-refractivity contribution in [3.05, 3.63) is 107 Å². The highest BCUT2D eigenvalue weighted by atomic mass is 32.2.